The average molecular weight is 423 g/mol. The topological polar surface area (TPSA) is 76.1 Å². The second kappa shape index (κ2) is 10.8. The molecule has 3 aromatic rings. The van der Waals surface area contributed by atoms with Crippen molar-refractivity contribution in [2.45, 2.75) is 50.1 Å². The molecule has 2 aromatic carbocycles. The largest absolute Gasteiger partial charge is 0.374 e. The maximum Gasteiger partial charge on any atom is 0.319 e. The van der Waals surface area contributed by atoms with Crippen molar-refractivity contribution in [3.05, 3.63) is 77.6 Å². The molecule has 0 aliphatic carbocycles. The zero-order valence-electron chi connectivity index (χ0n) is 17.4. The summed E-state index contributed by atoms with van der Waals surface area (Å²) in [5.41, 5.74) is 3.89. The Morgan fingerprint density at radius 3 is 2.43 bits per heavy atom. The van der Waals surface area contributed by atoms with Crippen LogP contribution in [0.15, 0.2) is 71.0 Å². The number of amides is 2. The van der Waals surface area contributed by atoms with Gasteiger partial charge in [0, 0.05) is 29.5 Å². The van der Waals surface area contributed by atoms with Gasteiger partial charge in [-0.05, 0) is 73.5 Å². The van der Waals surface area contributed by atoms with Crippen LogP contribution in [-0.4, -0.2) is 22.1 Å². The molecule has 0 unspecified atom stereocenters. The summed E-state index contributed by atoms with van der Waals surface area (Å²) in [6.07, 6.45) is 3.64. The Bertz CT molecular complexity index is 963. The lowest BCUT2D eigenvalue weighted by molar-refractivity contribution is 0.0657. The minimum absolute atomic E-state index is 0.206. The second-order valence-corrected chi connectivity index (χ2v) is 8.13. The molecule has 0 saturated carbocycles. The smallest absolute Gasteiger partial charge is 0.319 e. The monoisotopic (exact) mass is 422 g/mol. The number of aryl methyl sites for hydroxylation is 1. The van der Waals surface area contributed by atoms with Gasteiger partial charge in [-0.15, -0.1) is 0 Å². The van der Waals surface area contributed by atoms with Crippen LogP contribution >= 0.6 is 11.8 Å². The summed E-state index contributed by atoms with van der Waals surface area (Å²) >= 11 is 1.48. The van der Waals surface area contributed by atoms with Crippen LogP contribution in [-0.2, 0) is 17.9 Å². The molecule has 156 valence electrons. The Balaban J connectivity index is 1.49. The normalized spacial score (nSPS) is 10.8. The number of benzene rings is 2. The highest BCUT2D eigenvalue weighted by Gasteiger charge is 2.07. The zero-order chi connectivity index (χ0) is 21.3. The molecule has 0 radical (unpaired) electrons. The van der Waals surface area contributed by atoms with Gasteiger partial charge in [0.1, 0.15) is 0 Å². The third kappa shape index (κ3) is 6.86. The first-order valence-electron chi connectivity index (χ1n) is 9.79. The zero-order valence-corrected chi connectivity index (χ0v) is 18.2. The molecule has 0 bridgehead atoms. The highest BCUT2D eigenvalue weighted by atomic mass is 32.2. The highest BCUT2D eigenvalue weighted by molar-refractivity contribution is 7.99. The van der Waals surface area contributed by atoms with E-state index in [2.05, 4.69) is 20.6 Å². The molecular weight excluding hydrogens is 396 g/mol. The SMILES string of the molecule is Cc1cc(Sc2ncccn2)ccc1NC(=O)NCc1ccc(COC(C)C)cc1. The first-order chi connectivity index (χ1) is 14.5. The number of urea groups is 1. The number of nitrogens with zero attached hydrogens (tertiary/aromatic N) is 2. The molecule has 1 heterocycles. The molecule has 0 aliphatic heterocycles. The minimum atomic E-state index is -0.239. The van der Waals surface area contributed by atoms with Gasteiger partial charge in [-0.2, -0.15) is 0 Å². The van der Waals surface area contributed by atoms with Crippen molar-refractivity contribution in [3.63, 3.8) is 0 Å². The minimum Gasteiger partial charge on any atom is -0.374 e. The van der Waals surface area contributed by atoms with E-state index in [1.54, 1.807) is 18.5 Å². The van der Waals surface area contributed by atoms with E-state index in [9.17, 15) is 4.79 Å². The number of ether oxygens (including phenoxy) is 1. The summed E-state index contributed by atoms with van der Waals surface area (Å²) in [5, 5.41) is 6.49. The number of aromatic nitrogens is 2. The van der Waals surface area contributed by atoms with Crippen LogP contribution in [0.4, 0.5) is 10.5 Å². The van der Waals surface area contributed by atoms with Crippen molar-refractivity contribution in [1.82, 2.24) is 15.3 Å². The van der Waals surface area contributed by atoms with Gasteiger partial charge >= 0.3 is 6.03 Å². The Kier molecular flexibility index (Phi) is 7.82. The van der Waals surface area contributed by atoms with E-state index < -0.39 is 0 Å². The fourth-order valence-electron chi connectivity index (χ4n) is 2.65. The van der Waals surface area contributed by atoms with Crippen LogP contribution < -0.4 is 10.6 Å². The molecular formula is C23H26N4O2S. The van der Waals surface area contributed by atoms with Gasteiger partial charge in [0.05, 0.1) is 12.7 Å². The number of anilines is 1. The van der Waals surface area contributed by atoms with E-state index in [0.717, 1.165) is 27.3 Å². The van der Waals surface area contributed by atoms with Crippen LogP contribution in [0.3, 0.4) is 0 Å². The van der Waals surface area contributed by atoms with Gasteiger partial charge < -0.3 is 15.4 Å². The van der Waals surface area contributed by atoms with Gasteiger partial charge in [0.2, 0.25) is 0 Å². The molecule has 0 fully saturated rings. The third-order valence-electron chi connectivity index (χ3n) is 4.26. The number of carbonyl (C=O) groups excluding carboxylic acids is 1. The molecule has 2 amide bonds. The first-order valence-corrected chi connectivity index (χ1v) is 10.6. The molecule has 2 N–H and O–H groups in total. The van der Waals surface area contributed by atoms with Crippen LogP contribution in [0.5, 0.6) is 0 Å². The van der Waals surface area contributed by atoms with Crippen molar-refractivity contribution >= 4 is 23.5 Å². The highest BCUT2D eigenvalue weighted by Crippen LogP contribution is 2.27. The van der Waals surface area contributed by atoms with E-state index in [1.807, 2.05) is 63.2 Å². The van der Waals surface area contributed by atoms with E-state index in [4.69, 9.17) is 4.74 Å². The molecule has 30 heavy (non-hydrogen) atoms. The lowest BCUT2D eigenvalue weighted by Gasteiger charge is -2.12. The van der Waals surface area contributed by atoms with Gasteiger partial charge in [0.15, 0.2) is 5.16 Å². The summed E-state index contributed by atoms with van der Waals surface area (Å²) < 4.78 is 5.60. The van der Waals surface area contributed by atoms with Crippen molar-refractivity contribution in [2.75, 3.05) is 5.32 Å². The Hall–Kier alpha value is -2.90. The van der Waals surface area contributed by atoms with Crippen LogP contribution in [0, 0.1) is 6.92 Å². The molecule has 0 atom stereocenters. The predicted octanol–water partition coefficient (Wildman–Crippen LogP) is 5.18. The van der Waals surface area contributed by atoms with E-state index in [-0.39, 0.29) is 12.1 Å². The molecule has 1 aromatic heterocycles. The summed E-state index contributed by atoms with van der Waals surface area (Å²) in [6.45, 7) is 7.04. The molecule has 0 saturated heterocycles. The number of hydrogen-bond acceptors (Lipinski definition) is 5. The van der Waals surface area contributed by atoms with Gasteiger partial charge in [-0.3, -0.25) is 0 Å². The Labute approximate surface area is 181 Å². The van der Waals surface area contributed by atoms with Crippen LogP contribution in [0.25, 0.3) is 0 Å². The second-order valence-electron chi connectivity index (χ2n) is 7.09. The van der Waals surface area contributed by atoms with E-state index >= 15 is 0 Å². The van der Waals surface area contributed by atoms with Crippen molar-refractivity contribution in [2.24, 2.45) is 0 Å². The van der Waals surface area contributed by atoms with Gasteiger partial charge in [0.25, 0.3) is 0 Å². The van der Waals surface area contributed by atoms with Gasteiger partial charge in [-0.1, -0.05) is 24.3 Å². The molecule has 6 nitrogen and oxygen atoms in total. The quantitative estimate of drug-likeness (QED) is 0.489. The van der Waals surface area contributed by atoms with Crippen LogP contribution in [0.2, 0.25) is 0 Å². The number of rotatable bonds is 8. The fraction of sp³-hybridized carbons (Fsp3) is 0.261. The third-order valence-corrected chi connectivity index (χ3v) is 5.14. The van der Waals surface area contributed by atoms with Crippen molar-refractivity contribution in [3.8, 4) is 0 Å². The predicted molar refractivity (Wildman–Crippen MR) is 120 cm³/mol. The van der Waals surface area contributed by atoms with Gasteiger partial charge in [-0.25, -0.2) is 14.8 Å². The molecule has 0 aliphatic rings. The fourth-order valence-corrected chi connectivity index (χ4v) is 3.46. The lowest BCUT2D eigenvalue weighted by atomic mass is 10.1. The first kappa shape index (κ1) is 21.8. The Morgan fingerprint density at radius 2 is 1.77 bits per heavy atom. The van der Waals surface area contributed by atoms with Crippen LogP contribution in [0.1, 0.15) is 30.5 Å². The summed E-state index contributed by atoms with van der Waals surface area (Å²) in [5.74, 6) is 0. The maximum atomic E-state index is 12.3. The summed E-state index contributed by atoms with van der Waals surface area (Å²) in [7, 11) is 0. The van der Waals surface area contributed by atoms with Crippen molar-refractivity contribution in [1.29, 1.82) is 0 Å². The number of nitrogens with one attached hydrogen (secondary N) is 2. The molecule has 3 rings (SSSR count). The van der Waals surface area contributed by atoms with Crippen molar-refractivity contribution < 1.29 is 9.53 Å². The summed E-state index contributed by atoms with van der Waals surface area (Å²) in [6, 6.07) is 15.4. The summed E-state index contributed by atoms with van der Waals surface area (Å²) in [4.78, 5) is 21.7. The Morgan fingerprint density at radius 1 is 1.07 bits per heavy atom. The number of hydrogen-bond donors (Lipinski definition) is 2. The lowest BCUT2D eigenvalue weighted by Crippen LogP contribution is -2.28. The number of carbonyl (C=O) groups is 1. The van der Waals surface area contributed by atoms with E-state index in [1.165, 1.54) is 11.8 Å². The molecule has 0 spiro atoms. The standard InChI is InChI=1S/C23H26N4O2S/c1-16(2)29-15-19-7-5-18(6-8-19)14-26-22(28)27-21-10-9-20(13-17(21)3)30-23-24-11-4-12-25-23/h4-13,16H,14-15H2,1-3H3,(H2,26,27,28). The average Bonchev–Trinajstić information content (AvgIpc) is 2.74. The van der Waals surface area contributed by atoms with E-state index in [0.29, 0.717) is 18.3 Å². The maximum absolute atomic E-state index is 12.3. The molecule has 7 heteroatoms.